The van der Waals surface area contributed by atoms with E-state index in [1.807, 2.05) is 12.1 Å². The van der Waals surface area contributed by atoms with E-state index in [1.54, 1.807) is 48.4 Å². The molecular weight excluding hydrogens is 757 g/mol. The van der Waals surface area contributed by atoms with Crippen molar-refractivity contribution in [3.05, 3.63) is 76.6 Å². The predicted octanol–water partition coefficient (Wildman–Crippen LogP) is 3.71. The third kappa shape index (κ3) is 9.70. The zero-order valence-corrected chi connectivity index (χ0v) is 33.0. The molecular formula is C41H51F3N8O6. The minimum atomic E-state index is -4.42. The summed E-state index contributed by atoms with van der Waals surface area (Å²) < 4.78 is 53.1. The molecule has 0 saturated carbocycles. The molecule has 0 aliphatic carbocycles. The van der Waals surface area contributed by atoms with Gasteiger partial charge in [-0.3, -0.25) is 34.1 Å². The van der Waals surface area contributed by atoms with Crippen LogP contribution in [0, 0.1) is 0 Å². The van der Waals surface area contributed by atoms with Crippen LogP contribution in [-0.2, 0) is 27.3 Å². The van der Waals surface area contributed by atoms with E-state index >= 15 is 0 Å². The number of aldehydes is 1. The highest BCUT2D eigenvalue weighted by molar-refractivity contribution is 6.02. The van der Waals surface area contributed by atoms with Crippen LogP contribution < -0.4 is 25.4 Å². The number of fused-ring (bicyclic) bond motifs is 2. The number of rotatable bonds is 18. The number of hydrogen-bond donors (Lipinski definition) is 3. The lowest BCUT2D eigenvalue weighted by Crippen LogP contribution is -2.48. The van der Waals surface area contributed by atoms with Gasteiger partial charge in [-0.25, -0.2) is 0 Å². The molecule has 0 spiro atoms. The van der Waals surface area contributed by atoms with Crippen molar-refractivity contribution in [3.63, 3.8) is 0 Å². The zero-order chi connectivity index (χ0) is 41.4. The quantitative estimate of drug-likeness (QED) is 0.162. The summed E-state index contributed by atoms with van der Waals surface area (Å²) in [5.41, 5.74) is 4.54. The number of halogens is 3. The average Bonchev–Trinajstić information content (AvgIpc) is 3.55. The average molecular weight is 809 g/mol. The van der Waals surface area contributed by atoms with Gasteiger partial charge in [0.05, 0.1) is 37.3 Å². The van der Waals surface area contributed by atoms with E-state index in [0.29, 0.717) is 73.1 Å². The second kappa shape index (κ2) is 19.0. The number of carbonyl (C=O) groups is 4. The van der Waals surface area contributed by atoms with Gasteiger partial charge in [0, 0.05) is 94.2 Å². The molecule has 0 bridgehead atoms. The van der Waals surface area contributed by atoms with E-state index in [1.165, 1.54) is 19.1 Å². The summed E-state index contributed by atoms with van der Waals surface area (Å²) in [4.78, 5) is 60.3. The SMILES string of the molecule is CNC(=O)C(CCC=O)N1Cc2c(NCCN3CCN(CCOc4ccc([C@@H]5c6ccc(NC=O)c(OC)c6C[C@@H](C)N5CC(F)(F)F)nc4)CC3)cccc2C1=O. The van der Waals surface area contributed by atoms with E-state index in [-0.39, 0.29) is 24.7 Å². The Morgan fingerprint density at radius 3 is 2.43 bits per heavy atom. The molecule has 3 aliphatic rings. The number of pyridine rings is 1. The normalized spacial score (nSPS) is 19.2. The van der Waals surface area contributed by atoms with Crippen molar-refractivity contribution >= 4 is 35.9 Å². The maximum atomic E-state index is 13.8. The van der Waals surface area contributed by atoms with Crippen molar-refractivity contribution in [2.45, 2.75) is 57.0 Å². The first-order valence-electron chi connectivity index (χ1n) is 19.5. The van der Waals surface area contributed by atoms with Crippen molar-refractivity contribution in [2.75, 3.05) is 83.8 Å². The summed E-state index contributed by atoms with van der Waals surface area (Å²) >= 11 is 0. The van der Waals surface area contributed by atoms with Crippen LogP contribution in [0.5, 0.6) is 11.5 Å². The number of alkyl halides is 3. The Kier molecular flexibility index (Phi) is 13.9. The van der Waals surface area contributed by atoms with Crippen LogP contribution in [0.25, 0.3) is 0 Å². The third-order valence-electron chi connectivity index (χ3n) is 11.2. The molecule has 1 saturated heterocycles. The first-order chi connectivity index (χ1) is 28.0. The van der Waals surface area contributed by atoms with E-state index in [4.69, 9.17) is 9.47 Å². The number of anilines is 2. The largest absolute Gasteiger partial charge is 0.494 e. The lowest BCUT2D eigenvalue weighted by molar-refractivity contribution is -0.155. The van der Waals surface area contributed by atoms with Gasteiger partial charge in [0.2, 0.25) is 12.3 Å². The number of aromatic nitrogens is 1. The Morgan fingerprint density at radius 2 is 1.78 bits per heavy atom. The van der Waals surface area contributed by atoms with E-state index < -0.39 is 30.8 Å². The monoisotopic (exact) mass is 808 g/mol. The number of amides is 3. The highest BCUT2D eigenvalue weighted by Gasteiger charge is 2.42. The number of nitrogens with zero attached hydrogens (tertiary/aromatic N) is 5. The Morgan fingerprint density at radius 1 is 1.02 bits per heavy atom. The fourth-order valence-electron chi connectivity index (χ4n) is 8.26. The number of methoxy groups -OCH3 is 1. The van der Waals surface area contributed by atoms with Gasteiger partial charge in [0.1, 0.15) is 30.4 Å². The number of piperazine rings is 1. The second-order valence-corrected chi connectivity index (χ2v) is 14.7. The van der Waals surface area contributed by atoms with Crippen molar-refractivity contribution in [2.24, 2.45) is 0 Å². The summed E-state index contributed by atoms with van der Waals surface area (Å²) in [6, 6.07) is 10.3. The van der Waals surface area contributed by atoms with Crippen LogP contribution in [-0.4, -0.2) is 140 Å². The fourth-order valence-corrected chi connectivity index (χ4v) is 8.26. The molecule has 1 fully saturated rings. The van der Waals surface area contributed by atoms with Crippen LogP contribution in [0.4, 0.5) is 24.5 Å². The number of hydrogen-bond acceptors (Lipinski definition) is 11. The minimum Gasteiger partial charge on any atom is -0.494 e. The van der Waals surface area contributed by atoms with Crippen molar-refractivity contribution < 1.29 is 41.8 Å². The molecule has 58 heavy (non-hydrogen) atoms. The standard InChI is InChI=1S/C41H51F3N8O6/c1-27-22-31-29(10-12-35(48-26-54)38(31)57-3)37(52(27)25-41(42,43)44)34-11-9-28(23-47-34)58-21-19-50-17-15-49(16-18-50)14-13-46-33-7-4-6-30-32(33)24-51(40(30)56)36(8-5-20-53)39(55)45-2/h4,6-7,9-12,20,23,26-27,36-37,46H,5,8,13-19,21-22,24-25H2,1-3H3,(H,45,55)(H,48,54)/t27-,36?,37+/m1/s1. The number of carbonyl (C=O) groups excluding carboxylic acids is 4. The van der Waals surface area contributed by atoms with Crippen molar-refractivity contribution in [1.82, 2.24) is 29.9 Å². The van der Waals surface area contributed by atoms with Gasteiger partial charge >= 0.3 is 6.18 Å². The van der Waals surface area contributed by atoms with E-state index in [2.05, 4.69) is 30.7 Å². The van der Waals surface area contributed by atoms with Gasteiger partial charge in [-0.1, -0.05) is 12.1 Å². The highest BCUT2D eigenvalue weighted by Crippen LogP contribution is 2.44. The molecule has 3 amide bonds. The first kappa shape index (κ1) is 42.3. The fraction of sp³-hybridized carbons (Fsp3) is 0.488. The molecule has 3 N–H and O–H groups in total. The summed E-state index contributed by atoms with van der Waals surface area (Å²) in [6.45, 7) is 6.97. The van der Waals surface area contributed by atoms with Crippen molar-refractivity contribution in [1.29, 1.82) is 0 Å². The molecule has 4 heterocycles. The number of ether oxygens (including phenoxy) is 2. The topological polar surface area (TPSA) is 149 Å². The minimum absolute atomic E-state index is 0.186. The molecule has 6 rings (SSSR count). The lowest BCUT2D eigenvalue weighted by Gasteiger charge is -2.42. The van der Waals surface area contributed by atoms with E-state index in [9.17, 15) is 32.3 Å². The molecule has 3 aliphatic heterocycles. The molecule has 1 unspecified atom stereocenters. The van der Waals surface area contributed by atoms with Crippen molar-refractivity contribution in [3.8, 4) is 11.5 Å². The van der Waals surface area contributed by atoms with Gasteiger partial charge in [0.25, 0.3) is 5.91 Å². The second-order valence-electron chi connectivity index (χ2n) is 14.7. The maximum absolute atomic E-state index is 13.8. The Hall–Kier alpha value is -5.26. The molecule has 1 aromatic heterocycles. The Labute approximate surface area is 336 Å². The number of nitrogens with one attached hydrogen (secondary N) is 3. The van der Waals surface area contributed by atoms with Gasteiger partial charge in [0.15, 0.2) is 0 Å². The molecule has 14 nitrogen and oxygen atoms in total. The van der Waals surface area contributed by atoms with Crippen LogP contribution in [0.15, 0.2) is 48.7 Å². The van der Waals surface area contributed by atoms with E-state index in [0.717, 1.165) is 55.8 Å². The maximum Gasteiger partial charge on any atom is 0.401 e. The van der Waals surface area contributed by atoms with Gasteiger partial charge < -0.3 is 35.1 Å². The van der Waals surface area contributed by atoms with Crippen LogP contribution >= 0.6 is 0 Å². The van der Waals surface area contributed by atoms with Gasteiger partial charge in [-0.05, 0) is 55.7 Å². The van der Waals surface area contributed by atoms with Gasteiger partial charge in [-0.15, -0.1) is 0 Å². The molecule has 3 atom stereocenters. The number of likely N-dealkylation sites (N-methyl/N-ethyl adjacent to an activating group) is 1. The molecule has 2 aromatic carbocycles. The summed E-state index contributed by atoms with van der Waals surface area (Å²) in [6.07, 6.45) is -0.822. The third-order valence-corrected chi connectivity index (χ3v) is 11.2. The van der Waals surface area contributed by atoms with Gasteiger partial charge in [-0.2, -0.15) is 13.2 Å². The predicted molar refractivity (Wildman–Crippen MR) is 211 cm³/mol. The smallest absolute Gasteiger partial charge is 0.401 e. The van der Waals surface area contributed by atoms with Crippen LogP contribution in [0.3, 0.4) is 0 Å². The summed E-state index contributed by atoms with van der Waals surface area (Å²) in [7, 11) is 3.00. The molecule has 0 radical (unpaired) electrons. The van der Waals surface area contributed by atoms with Crippen LogP contribution in [0.2, 0.25) is 0 Å². The lowest BCUT2D eigenvalue weighted by atomic mass is 9.85. The summed E-state index contributed by atoms with van der Waals surface area (Å²) in [5.74, 6) is 0.440. The molecule has 312 valence electrons. The summed E-state index contributed by atoms with van der Waals surface area (Å²) in [5, 5.41) is 8.72. The Bertz CT molecular complexity index is 1920. The first-order valence-corrected chi connectivity index (χ1v) is 19.5. The zero-order valence-electron chi connectivity index (χ0n) is 33.0. The van der Waals surface area contributed by atoms with Crippen LogP contribution in [0.1, 0.15) is 58.5 Å². The highest BCUT2D eigenvalue weighted by atomic mass is 19.4. The molecule has 3 aromatic rings. The number of benzene rings is 2. The Balaban J connectivity index is 0.988. The molecule has 17 heteroatoms.